The fraction of sp³-hybridized carbons (Fsp3) is 0.462. The second kappa shape index (κ2) is 6.96. The first-order chi connectivity index (χ1) is 8.58. The number of benzene rings is 1. The third-order valence-electron chi connectivity index (χ3n) is 2.81. The van der Waals surface area contributed by atoms with Crippen molar-refractivity contribution in [3.05, 3.63) is 29.6 Å². The lowest BCUT2D eigenvalue weighted by molar-refractivity contribution is 0.0946. The van der Waals surface area contributed by atoms with Gasteiger partial charge in [-0.05, 0) is 25.2 Å². The summed E-state index contributed by atoms with van der Waals surface area (Å²) >= 11 is 0. The van der Waals surface area contributed by atoms with Crippen LogP contribution in [-0.4, -0.2) is 42.1 Å². The van der Waals surface area contributed by atoms with E-state index in [1.807, 2.05) is 0 Å². The van der Waals surface area contributed by atoms with E-state index >= 15 is 0 Å². The minimum Gasteiger partial charge on any atom is -0.507 e. The first kappa shape index (κ1) is 14.4. The number of carbonyl (C=O) groups excluding carboxylic acids is 1. The molecule has 0 fully saturated rings. The van der Waals surface area contributed by atoms with Gasteiger partial charge in [-0.25, -0.2) is 4.39 Å². The number of amides is 1. The largest absolute Gasteiger partial charge is 0.507 e. The number of nitrogens with zero attached hydrogens (tertiary/aromatic N) is 1. The summed E-state index contributed by atoms with van der Waals surface area (Å²) in [7, 11) is 0. The standard InChI is InChI=1S/C13H19FN2O2/c1-3-16(4-2)8-7-15-13(18)11-6-5-10(14)9-12(11)17/h5-6,9,17H,3-4,7-8H2,1-2H3,(H,15,18). The minimum absolute atomic E-state index is 0.0935. The zero-order chi connectivity index (χ0) is 13.5. The molecule has 1 rings (SSSR count). The number of halogens is 1. The number of likely N-dealkylation sites (N-methyl/N-ethyl adjacent to an activating group) is 1. The molecule has 0 atom stereocenters. The molecule has 0 aromatic heterocycles. The predicted octanol–water partition coefficient (Wildman–Crippen LogP) is 1.60. The van der Waals surface area contributed by atoms with Crippen LogP contribution in [0.3, 0.4) is 0 Å². The summed E-state index contributed by atoms with van der Waals surface area (Å²) in [5.41, 5.74) is 0.0935. The molecule has 0 aliphatic heterocycles. The molecular formula is C13H19FN2O2. The van der Waals surface area contributed by atoms with Crippen molar-refractivity contribution in [3.8, 4) is 5.75 Å². The monoisotopic (exact) mass is 254 g/mol. The number of phenols is 1. The average Bonchev–Trinajstić information content (AvgIpc) is 2.34. The van der Waals surface area contributed by atoms with Crippen molar-refractivity contribution in [2.75, 3.05) is 26.2 Å². The summed E-state index contributed by atoms with van der Waals surface area (Å²) in [6, 6.07) is 3.36. The molecule has 0 unspecified atom stereocenters. The van der Waals surface area contributed by atoms with Gasteiger partial charge in [-0.1, -0.05) is 13.8 Å². The molecule has 2 N–H and O–H groups in total. The van der Waals surface area contributed by atoms with Gasteiger partial charge in [0.25, 0.3) is 5.91 Å². The summed E-state index contributed by atoms with van der Waals surface area (Å²) in [6.07, 6.45) is 0. The van der Waals surface area contributed by atoms with E-state index < -0.39 is 5.82 Å². The van der Waals surface area contributed by atoms with Gasteiger partial charge < -0.3 is 15.3 Å². The normalized spacial score (nSPS) is 10.7. The molecule has 0 spiro atoms. The number of hydrogen-bond acceptors (Lipinski definition) is 3. The maximum Gasteiger partial charge on any atom is 0.255 e. The molecule has 18 heavy (non-hydrogen) atoms. The van der Waals surface area contributed by atoms with E-state index in [1.54, 1.807) is 0 Å². The summed E-state index contributed by atoms with van der Waals surface area (Å²) in [5, 5.41) is 12.1. The highest BCUT2D eigenvalue weighted by Crippen LogP contribution is 2.17. The smallest absolute Gasteiger partial charge is 0.255 e. The molecule has 4 nitrogen and oxygen atoms in total. The topological polar surface area (TPSA) is 52.6 Å². The van der Waals surface area contributed by atoms with Gasteiger partial charge in [0, 0.05) is 19.2 Å². The van der Waals surface area contributed by atoms with Crippen molar-refractivity contribution in [1.29, 1.82) is 0 Å². The molecule has 0 bridgehead atoms. The molecule has 1 aromatic rings. The number of aromatic hydroxyl groups is 1. The van der Waals surface area contributed by atoms with Crippen molar-refractivity contribution in [2.45, 2.75) is 13.8 Å². The summed E-state index contributed by atoms with van der Waals surface area (Å²) in [5.74, 6) is -1.29. The zero-order valence-electron chi connectivity index (χ0n) is 10.7. The van der Waals surface area contributed by atoms with Crippen LogP contribution in [0.2, 0.25) is 0 Å². The molecule has 1 aromatic carbocycles. The molecule has 1 amide bonds. The van der Waals surface area contributed by atoms with Crippen LogP contribution in [0.15, 0.2) is 18.2 Å². The molecule has 0 aliphatic rings. The number of nitrogens with one attached hydrogen (secondary N) is 1. The number of carbonyl (C=O) groups is 1. The second-order valence-corrected chi connectivity index (χ2v) is 3.94. The number of rotatable bonds is 6. The molecule has 0 saturated heterocycles. The maximum absolute atomic E-state index is 12.8. The molecule has 0 heterocycles. The predicted molar refractivity (Wildman–Crippen MR) is 68.2 cm³/mol. The molecule has 0 saturated carbocycles. The Labute approximate surface area is 106 Å². The Bertz CT molecular complexity index is 406. The Morgan fingerprint density at radius 1 is 1.39 bits per heavy atom. The van der Waals surface area contributed by atoms with Gasteiger partial charge in [0.15, 0.2) is 0 Å². The molecule has 100 valence electrons. The van der Waals surface area contributed by atoms with Crippen molar-refractivity contribution in [3.63, 3.8) is 0 Å². The van der Waals surface area contributed by atoms with Crippen LogP contribution >= 0.6 is 0 Å². The van der Waals surface area contributed by atoms with Crippen molar-refractivity contribution >= 4 is 5.91 Å². The number of phenolic OH excluding ortho intramolecular Hbond substituents is 1. The average molecular weight is 254 g/mol. The highest BCUT2D eigenvalue weighted by atomic mass is 19.1. The quantitative estimate of drug-likeness (QED) is 0.810. The highest BCUT2D eigenvalue weighted by molar-refractivity contribution is 5.96. The van der Waals surface area contributed by atoms with Crippen LogP contribution in [0.5, 0.6) is 5.75 Å². The van der Waals surface area contributed by atoms with E-state index in [0.717, 1.165) is 31.8 Å². The van der Waals surface area contributed by atoms with Gasteiger partial charge in [0.05, 0.1) is 5.56 Å². The molecule has 5 heteroatoms. The van der Waals surface area contributed by atoms with Crippen LogP contribution in [0.25, 0.3) is 0 Å². The molecule has 0 radical (unpaired) electrons. The lowest BCUT2D eigenvalue weighted by atomic mass is 10.2. The van der Waals surface area contributed by atoms with Gasteiger partial charge in [-0.15, -0.1) is 0 Å². The Hall–Kier alpha value is -1.62. The fourth-order valence-corrected chi connectivity index (χ4v) is 1.66. The Kier molecular flexibility index (Phi) is 5.58. The Morgan fingerprint density at radius 3 is 2.61 bits per heavy atom. The van der Waals surface area contributed by atoms with E-state index in [-0.39, 0.29) is 17.2 Å². The fourth-order valence-electron chi connectivity index (χ4n) is 1.66. The van der Waals surface area contributed by atoms with Crippen molar-refractivity contribution < 1.29 is 14.3 Å². The summed E-state index contributed by atoms with van der Waals surface area (Å²) in [4.78, 5) is 13.9. The molecular weight excluding hydrogens is 235 g/mol. The SMILES string of the molecule is CCN(CC)CCNC(=O)c1ccc(F)cc1O. The van der Waals surface area contributed by atoms with E-state index in [2.05, 4.69) is 24.1 Å². The first-order valence-corrected chi connectivity index (χ1v) is 6.07. The van der Waals surface area contributed by atoms with Crippen molar-refractivity contribution in [2.24, 2.45) is 0 Å². The van der Waals surface area contributed by atoms with Gasteiger partial charge in [-0.2, -0.15) is 0 Å². The number of hydrogen-bond donors (Lipinski definition) is 2. The Balaban J connectivity index is 2.50. The van der Waals surface area contributed by atoms with Crippen LogP contribution in [0.4, 0.5) is 4.39 Å². The van der Waals surface area contributed by atoms with Crippen LogP contribution < -0.4 is 5.32 Å². The van der Waals surface area contributed by atoms with Crippen LogP contribution in [0.1, 0.15) is 24.2 Å². The Morgan fingerprint density at radius 2 is 2.06 bits per heavy atom. The molecule has 0 aliphatic carbocycles. The highest BCUT2D eigenvalue weighted by Gasteiger charge is 2.11. The van der Waals surface area contributed by atoms with Gasteiger partial charge in [0.1, 0.15) is 11.6 Å². The third-order valence-corrected chi connectivity index (χ3v) is 2.81. The van der Waals surface area contributed by atoms with E-state index in [0.29, 0.717) is 6.54 Å². The maximum atomic E-state index is 12.8. The third kappa shape index (κ3) is 4.00. The minimum atomic E-state index is -0.563. The van der Waals surface area contributed by atoms with Crippen molar-refractivity contribution in [1.82, 2.24) is 10.2 Å². The van der Waals surface area contributed by atoms with E-state index in [4.69, 9.17) is 0 Å². The van der Waals surface area contributed by atoms with Gasteiger partial charge >= 0.3 is 0 Å². The first-order valence-electron chi connectivity index (χ1n) is 6.07. The zero-order valence-corrected chi connectivity index (χ0v) is 10.7. The second-order valence-electron chi connectivity index (χ2n) is 3.94. The summed E-state index contributed by atoms with van der Waals surface area (Å²) < 4.78 is 12.8. The van der Waals surface area contributed by atoms with Gasteiger partial charge in [0.2, 0.25) is 0 Å². The van der Waals surface area contributed by atoms with E-state index in [1.165, 1.54) is 6.07 Å². The van der Waals surface area contributed by atoms with Crippen LogP contribution in [0, 0.1) is 5.82 Å². The van der Waals surface area contributed by atoms with Crippen LogP contribution in [-0.2, 0) is 0 Å². The summed E-state index contributed by atoms with van der Waals surface area (Å²) in [6.45, 7) is 7.20. The lowest BCUT2D eigenvalue weighted by Gasteiger charge is -2.18. The van der Waals surface area contributed by atoms with Gasteiger partial charge in [-0.3, -0.25) is 4.79 Å². The lowest BCUT2D eigenvalue weighted by Crippen LogP contribution is -2.34. The van der Waals surface area contributed by atoms with E-state index in [9.17, 15) is 14.3 Å².